The zero-order chi connectivity index (χ0) is 20.4. The molecule has 0 saturated carbocycles. The van der Waals surface area contributed by atoms with E-state index in [0.29, 0.717) is 28.7 Å². The maximum atomic E-state index is 12.6. The highest BCUT2D eigenvalue weighted by atomic mass is 32.2. The van der Waals surface area contributed by atoms with Crippen molar-refractivity contribution in [1.82, 2.24) is 15.0 Å². The number of aryl methyl sites for hydroxylation is 2. The molecule has 0 radical (unpaired) electrons. The number of aromatic amines is 1. The number of esters is 1. The van der Waals surface area contributed by atoms with Gasteiger partial charge in [-0.3, -0.25) is 0 Å². The molecule has 0 bridgehead atoms. The van der Waals surface area contributed by atoms with E-state index in [1.54, 1.807) is 6.92 Å². The third kappa shape index (κ3) is 3.76. The first-order chi connectivity index (χ1) is 14.1. The molecule has 0 unspecified atom stereocenters. The molecule has 2 aromatic heterocycles. The first-order valence-corrected chi connectivity index (χ1v) is 10.3. The Labute approximate surface area is 173 Å². The molecule has 146 valence electrons. The van der Waals surface area contributed by atoms with Crippen molar-refractivity contribution in [2.45, 2.75) is 30.8 Å². The van der Waals surface area contributed by atoms with Crippen LogP contribution in [0.15, 0.2) is 64.6 Å². The number of hydrogen-bond acceptors (Lipinski definition) is 5. The lowest BCUT2D eigenvalue weighted by molar-refractivity contribution is 0.0525. The summed E-state index contributed by atoms with van der Waals surface area (Å²) in [7, 11) is 0. The van der Waals surface area contributed by atoms with Crippen LogP contribution in [0.2, 0.25) is 0 Å². The van der Waals surface area contributed by atoms with Gasteiger partial charge in [0.2, 0.25) is 0 Å². The van der Waals surface area contributed by atoms with Crippen LogP contribution < -0.4 is 0 Å². The lowest BCUT2D eigenvalue weighted by Crippen LogP contribution is -2.12. The monoisotopic (exact) mass is 403 g/mol. The molecule has 0 aliphatic carbocycles. The number of para-hydroxylation sites is 1. The summed E-state index contributed by atoms with van der Waals surface area (Å²) in [4.78, 5) is 26.5. The van der Waals surface area contributed by atoms with Gasteiger partial charge in [0.25, 0.3) is 0 Å². The van der Waals surface area contributed by atoms with Crippen molar-refractivity contribution in [2.75, 3.05) is 6.61 Å². The topological polar surface area (TPSA) is 67.9 Å². The molecule has 29 heavy (non-hydrogen) atoms. The number of nitrogens with one attached hydrogen (secondary N) is 1. The van der Waals surface area contributed by atoms with E-state index >= 15 is 0 Å². The van der Waals surface area contributed by atoms with Gasteiger partial charge in [0, 0.05) is 27.1 Å². The molecule has 4 rings (SSSR count). The third-order valence-electron chi connectivity index (χ3n) is 4.62. The summed E-state index contributed by atoms with van der Waals surface area (Å²) in [5.74, 6) is -0.399. The number of carbonyl (C=O) groups is 1. The van der Waals surface area contributed by atoms with Crippen molar-refractivity contribution >= 4 is 28.6 Å². The van der Waals surface area contributed by atoms with Crippen molar-refractivity contribution in [2.24, 2.45) is 0 Å². The number of aromatic nitrogens is 3. The smallest absolute Gasteiger partial charge is 0.342 e. The molecule has 0 aliphatic heterocycles. The van der Waals surface area contributed by atoms with Crippen LogP contribution in [0, 0.1) is 13.8 Å². The van der Waals surface area contributed by atoms with E-state index in [9.17, 15) is 4.79 Å². The van der Waals surface area contributed by atoms with Gasteiger partial charge < -0.3 is 9.72 Å². The number of nitrogens with zero attached hydrogens (tertiary/aromatic N) is 2. The molecule has 2 aromatic carbocycles. The SMILES string of the molecule is CCOC(=O)c1c(C)nc(Sc2c(C)[nH]c3ccccc23)nc1-c1ccccc1. The second-order valence-electron chi connectivity index (χ2n) is 6.63. The van der Waals surface area contributed by atoms with Crippen LogP contribution in [0.25, 0.3) is 22.2 Å². The number of ether oxygens (including phenoxy) is 1. The summed E-state index contributed by atoms with van der Waals surface area (Å²) in [6.07, 6.45) is 0. The van der Waals surface area contributed by atoms with Gasteiger partial charge in [-0.15, -0.1) is 0 Å². The molecule has 0 spiro atoms. The molecule has 4 aromatic rings. The third-order valence-corrected chi connectivity index (χ3v) is 5.72. The standard InChI is InChI=1S/C23H21N3O2S/c1-4-28-22(27)19-14(2)25-23(26-20(19)16-10-6-5-7-11-16)29-21-15(3)24-18-13-9-8-12-17(18)21/h5-13,24H,4H2,1-3H3. The van der Waals surface area contributed by atoms with Crippen LogP contribution in [0.5, 0.6) is 0 Å². The molecule has 2 heterocycles. The van der Waals surface area contributed by atoms with Crippen molar-refractivity contribution in [3.8, 4) is 11.3 Å². The minimum absolute atomic E-state index is 0.303. The maximum Gasteiger partial charge on any atom is 0.342 e. The van der Waals surface area contributed by atoms with Crippen LogP contribution in [0.1, 0.15) is 28.7 Å². The van der Waals surface area contributed by atoms with E-state index in [4.69, 9.17) is 9.72 Å². The highest BCUT2D eigenvalue weighted by Gasteiger charge is 2.22. The van der Waals surface area contributed by atoms with Gasteiger partial charge in [-0.05, 0) is 38.6 Å². The number of fused-ring (bicyclic) bond motifs is 1. The van der Waals surface area contributed by atoms with E-state index in [1.807, 2.05) is 56.3 Å². The largest absolute Gasteiger partial charge is 0.462 e. The molecular weight excluding hydrogens is 382 g/mol. The second kappa shape index (κ2) is 8.09. The van der Waals surface area contributed by atoms with Gasteiger partial charge in [0.05, 0.1) is 18.0 Å². The fourth-order valence-corrected chi connectivity index (χ4v) is 4.31. The highest BCUT2D eigenvalue weighted by molar-refractivity contribution is 7.99. The Balaban J connectivity index is 1.84. The molecule has 0 saturated heterocycles. The van der Waals surface area contributed by atoms with Crippen molar-refractivity contribution in [3.05, 3.63) is 71.5 Å². The molecule has 0 fully saturated rings. The van der Waals surface area contributed by atoms with Crippen molar-refractivity contribution < 1.29 is 9.53 Å². The molecule has 5 nitrogen and oxygen atoms in total. The number of carbonyl (C=O) groups excluding carboxylic acids is 1. The van der Waals surface area contributed by atoms with Crippen molar-refractivity contribution in [3.63, 3.8) is 0 Å². The predicted molar refractivity (Wildman–Crippen MR) is 115 cm³/mol. The number of benzene rings is 2. The Hall–Kier alpha value is -3.12. The minimum Gasteiger partial charge on any atom is -0.462 e. The van der Waals surface area contributed by atoms with Crippen LogP contribution in [0.4, 0.5) is 0 Å². The first kappa shape index (κ1) is 19.2. The normalized spacial score (nSPS) is 11.0. The summed E-state index contributed by atoms with van der Waals surface area (Å²) in [5, 5.41) is 1.73. The van der Waals surface area contributed by atoms with E-state index < -0.39 is 5.97 Å². The summed E-state index contributed by atoms with van der Waals surface area (Å²) in [5.41, 5.74) is 4.62. The lowest BCUT2D eigenvalue weighted by atomic mass is 10.0. The Morgan fingerprint density at radius 3 is 2.52 bits per heavy atom. The lowest BCUT2D eigenvalue weighted by Gasteiger charge is -2.12. The second-order valence-corrected chi connectivity index (χ2v) is 7.61. The van der Waals surface area contributed by atoms with E-state index in [0.717, 1.165) is 27.1 Å². The molecule has 6 heteroatoms. The highest BCUT2D eigenvalue weighted by Crippen LogP contribution is 2.36. The number of H-pyrrole nitrogens is 1. The molecule has 1 N–H and O–H groups in total. The van der Waals surface area contributed by atoms with Crippen LogP contribution in [-0.2, 0) is 4.74 Å². The van der Waals surface area contributed by atoms with Crippen molar-refractivity contribution in [1.29, 1.82) is 0 Å². The predicted octanol–water partition coefficient (Wildman–Crippen LogP) is 5.57. The van der Waals surface area contributed by atoms with Crippen LogP contribution >= 0.6 is 11.8 Å². The van der Waals surface area contributed by atoms with Gasteiger partial charge in [0.1, 0.15) is 5.56 Å². The quantitative estimate of drug-likeness (QED) is 0.348. The Morgan fingerprint density at radius 1 is 1.03 bits per heavy atom. The zero-order valence-electron chi connectivity index (χ0n) is 16.5. The Bertz CT molecular complexity index is 1190. The fraction of sp³-hybridized carbons (Fsp3) is 0.174. The number of hydrogen-bond donors (Lipinski definition) is 1. The molecular formula is C23H21N3O2S. The molecule has 0 amide bonds. The van der Waals surface area contributed by atoms with E-state index in [1.165, 1.54) is 11.8 Å². The Morgan fingerprint density at radius 2 is 1.76 bits per heavy atom. The fourth-order valence-electron chi connectivity index (χ4n) is 3.32. The molecule has 0 atom stereocenters. The van der Waals surface area contributed by atoms with Crippen LogP contribution in [-0.4, -0.2) is 27.5 Å². The summed E-state index contributed by atoms with van der Waals surface area (Å²) >= 11 is 1.50. The van der Waals surface area contributed by atoms with Gasteiger partial charge in [-0.25, -0.2) is 14.8 Å². The average Bonchev–Trinajstić information content (AvgIpc) is 3.03. The van der Waals surface area contributed by atoms with Gasteiger partial charge in [0.15, 0.2) is 5.16 Å². The van der Waals surface area contributed by atoms with Gasteiger partial charge in [-0.2, -0.15) is 0 Å². The van der Waals surface area contributed by atoms with Gasteiger partial charge in [-0.1, -0.05) is 48.5 Å². The van der Waals surface area contributed by atoms with E-state index in [2.05, 4.69) is 22.1 Å². The first-order valence-electron chi connectivity index (χ1n) is 9.44. The average molecular weight is 404 g/mol. The molecule has 0 aliphatic rings. The summed E-state index contributed by atoms with van der Waals surface area (Å²) < 4.78 is 5.26. The van der Waals surface area contributed by atoms with Crippen LogP contribution in [0.3, 0.4) is 0 Å². The zero-order valence-corrected chi connectivity index (χ0v) is 17.3. The minimum atomic E-state index is -0.399. The summed E-state index contributed by atoms with van der Waals surface area (Å²) in [6, 6.07) is 17.8. The van der Waals surface area contributed by atoms with E-state index in [-0.39, 0.29) is 0 Å². The van der Waals surface area contributed by atoms with Gasteiger partial charge >= 0.3 is 5.97 Å². The number of rotatable bonds is 5. The summed E-state index contributed by atoms with van der Waals surface area (Å²) in [6.45, 7) is 5.96. The maximum absolute atomic E-state index is 12.6. The Kier molecular flexibility index (Phi) is 5.36.